The van der Waals surface area contributed by atoms with Gasteiger partial charge in [0.15, 0.2) is 0 Å². The number of carbonyl (C=O) groups is 1. The predicted octanol–water partition coefficient (Wildman–Crippen LogP) is 0.280. The monoisotopic (exact) mass is 262 g/mol. The van der Waals surface area contributed by atoms with Crippen molar-refractivity contribution < 1.29 is 14.6 Å². The lowest BCUT2D eigenvalue weighted by Crippen LogP contribution is -2.52. The van der Waals surface area contributed by atoms with Crippen LogP contribution in [0.25, 0.3) is 0 Å². The Bertz CT molecular complexity index is 492. The highest BCUT2D eigenvalue weighted by Gasteiger charge is 2.37. The van der Waals surface area contributed by atoms with Crippen LogP contribution in [0.1, 0.15) is 11.1 Å². The fraction of sp³-hybridized carbons (Fsp3) is 0.500. The van der Waals surface area contributed by atoms with E-state index in [1.54, 1.807) is 0 Å². The van der Waals surface area contributed by atoms with Gasteiger partial charge in [-0.05, 0) is 17.2 Å². The van der Waals surface area contributed by atoms with Crippen molar-refractivity contribution in [2.75, 3.05) is 31.7 Å². The molecule has 1 aromatic rings. The molecule has 0 aliphatic carbocycles. The number of ether oxygens (including phenoxy) is 1. The molecular formula is C14H18N2O3. The van der Waals surface area contributed by atoms with E-state index in [-0.39, 0.29) is 17.9 Å². The predicted molar refractivity (Wildman–Crippen MR) is 70.8 cm³/mol. The van der Waals surface area contributed by atoms with Crippen LogP contribution in [-0.4, -0.2) is 37.4 Å². The zero-order valence-electron chi connectivity index (χ0n) is 10.7. The Labute approximate surface area is 112 Å². The standard InChI is InChI=1S/C14H18N2O3/c17-7-14(8-19-9-14)6-15-5-10-1-2-12-11(3-10)4-13(18)16-12/h1-3,15,17H,4-9H2,(H,16,18). The maximum atomic E-state index is 11.3. The van der Waals surface area contributed by atoms with Crippen molar-refractivity contribution in [3.63, 3.8) is 0 Å². The SMILES string of the molecule is O=C1Cc2cc(CNCC3(CO)COC3)ccc2N1. The number of hydrogen-bond donors (Lipinski definition) is 3. The highest BCUT2D eigenvalue weighted by molar-refractivity contribution is 5.99. The van der Waals surface area contributed by atoms with Gasteiger partial charge in [0, 0.05) is 18.8 Å². The maximum Gasteiger partial charge on any atom is 0.228 e. The van der Waals surface area contributed by atoms with Crippen LogP contribution in [-0.2, 0) is 22.5 Å². The summed E-state index contributed by atoms with van der Waals surface area (Å²) in [4.78, 5) is 11.3. The van der Waals surface area contributed by atoms with Crippen LogP contribution >= 0.6 is 0 Å². The van der Waals surface area contributed by atoms with Crippen molar-refractivity contribution in [2.45, 2.75) is 13.0 Å². The molecule has 2 heterocycles. The number of benzene rings is 1. The molecule has 1 aromatic carbocycles. The van der Waals surface area contributed by atoms with Crippen LogP contribution in [0.5, 0.6) is 0 Å². The average Bonchev–Trinajstić information content (AvgIpc) is 2.72. The van der Waals surface area contributed by atoms with Gasteiger partial charge in [0.25, 0.3) is 0 Å². The second kappa shape index (κ2) is 4.92. The molecule has 0 spiro atoms. The summed E-state index contributed by atoms with van der Waals surface area (Å²) in [6.45, 7) is 2.89. The average molecular weight is 262 g/mol. The molecule has 5 nitrogen and oxygen atoms in total. The van der Waals surface area contributed by atoms with Gasteiger partial charge in [0.05, 0.1) is 31.7 Å². The van der Waals surface area contributed by atoms with Crippen molar-refractivity contribution in [2.24, 2.45) is 5.41 Å². The van der Waals surface area contributed by atoms with E-state index in [0.29, 0.717) is 19.6 Å². The minimum absolute atomic E-state index is 0.0611. The highest BCUT2D eigenvalue weighted by atomic mass is 16.5. The zero-order valence-corrected chi connectivity index (χ0v) is 10.7. The summed E-state index contributed by atoms with van der Waals surface area (Å²) in [5.74, 6) is 0.0611. The van der Waals surface area contributed by atoms with E-state index in [0.717, 1.165) is 29.9 Å². The molecule has 2 aliphatic heterocycles. The third-order valence-electron chi connectivity index (χ3n) is 3.78. The van der Waals surface area contributed by atoms with Crippen molar-refractivity contribution in [3.05, 3.63) is 29.3 Å². The number of aliphatic hydroxyl groups is 1. The number of carbonyl (C=O) groups excluding carboxylic acids is 1. The first-order valence-electron chi connectivity index (χ1n) is 6.52. The minimum atomic E-state index is -0.103. The molecule has 3 N–H and O–H groups in total. The van der Waals surface area contributed by atoms with Crippen molar-refractivity contribution >= 4 is 11.6 Å². The Kier molecular flexibility index (Phi) is 3.26. The lowest BCUT2D eigenvalue weighted by Gasteiger charge is -2.40. The molecule has 0 radical (unpaired) electrons. The number of amides is 1. The van der Waals surface area contributed by atoms with Crippen LogP contribution in [0, 0.1) is 5.41 Å². The highest BCUT2D eigenvalue weighted by Crippen LogP contribution is 2.26. The topological polar surface area (TPSA) is 70.6 Å². The number of aliphatic hydroxyl groups excluding tert-OH is 1. The van der Waals surface area contributed by atoms with Gasteiger partial charge >= 0.3 is 0 Å². The molecule has 1 amide bonds. The smallest absolute Gasteiger partial charge is 0.228 e. The molecule has 0 bridgehead atoms. The van der Waals surface area contributed by atoms with Gasteiger partial charge in [0.1, 0.15) is 0 Å². The zero-order chi connectivity index (χ0) is 13.3. The Hall–Kier alpha value is -1.43. The van der Waals surface area contributed by atoms with Crippen molar-refractivity contribution in [1.29, 1.82) is 0 Å². The van der Waals surface area contributed by atoms with Gasteiger partial charge in [-0.25, -0.2) is 0 Å². The van der Waals surface area contributed by atoms with Crippen molar-refractivity contribution in [1.82, 2.24) is 5.32 Å². The van der Waals surface area contributed by atoms with Gasteiger partial charge in [-0.15, -0.1) is 0 Å². The molecule has 0 aromatic heterocycles. The first kappa shape index (κ1) is 12.6. The minimum Gasteiger partial charge on any atom is -0.396 e. The van der Waals surface area contributed by atoms with Gasteiger partial charge in [-0.1, -0.05) is 12.1 Å². The molecule has 2 aliphatic rings. The molecule has 0 atom stereocenters. The first-order valence-corrected chi connectivity index (χ1v) is 6.52. The van der Waals surface area contributed by atoms with E-state index in [1.807, 2.05) is 12.1 Å². The Morgan fingerprint density at radius 1 is 1.42 bits per heavy atom. The van der Waals surface area contributed by atoms with Gasteiger partial charge in [0.2, 0.25) is 5.91 Å². The molecule has 19 heavy (non-hydrogen) atoms. The summed E-state index contributed by atoms with van der Waals surface area (Å²) in [7, 11) is 0. The Balaban J connectivity index is 1.56. The molecule has 5 heteroatoms. The van der Waals surface area contributed by atoms with Crippen molar-refractivity contribution in [3.8, 4) is 0 Å². The van der Waals surface area contributed by atoms with Crippen LogP contribution in [0.4, 0.5) is 5.69 Å². The molecule has 1 saturated heterocycles. The van der Waals surface area contributed by atoms with Gasteiger partial charge in [-0.2, -0.15) is 0 Å². The first-order chi connectivity index (χ1) is 9.21. The lowest BCUT2D eigenvalue weighted by atomic mass is 9.87. The van der Waals surface area contributed by atoms with Crippen LogP contribution < -0.4 is 10.6 Å². The lowest BCUT2D eigenvalue weighted by molar-refractivity contribution is -0.134. The summed E-state index contributed by atoms with van der Waals surface area (Å²) in [5, 5.41) is 15.5. The third kappa shape index (κ3) is 2.49. The summed E-state index contributed by atoms with van der Waals surface area (Å²) in [6.07, 6.45) is 0.470. The molecule has 3 rings (SSSR count). The van der Waals surface area contributed by atoms with E-state index in [1.165, 1.54) is 0 Å². The van der Waals surface area contributed by atoms with Crippen LogP contribution in [0.15, 0.2) is 18.2 Å². The third-order valence-corrected chi connectivity index (χ3v) is 3.78. The number of hydrogen-bond acceptors (Lipinski definition) is 4. The molecule has 102 valence electrons. The van der Waals surface area contributed by atoms with E-state index < -0.39 is 0 Å². The number of fused-ring (bicyclic) bond motifs is 1. The molecular weight excluding hydrogens is 244 g/mol. The Morgan fingerprint density at radius 3 is 2.95 bits per heavy atom. The van der Waals surface area contributed by atoms with E-state index >= 15 is 0 Å². The second-order valence-corrected chi connectivity index (χ2v) is 5.47. The quantitative estimate of drug-likeness (QED) is 0.713. The van der Waals surface area contributed by atoms with Gasteiger partial charge < -0.3 is 20.5 Å². The summed E-state index contributed by atoms with van der Waals surface area (Å²) < 4.78 is 5.16. The van der Waals surface area contributed by atoms with E-state index in [9.17, 15) is 9.90 Å². The molecule has 0 saturated carbocycles. The van der Waals surface area contributed by atoms with Gasteiger partial charge in [-0.3, -0.25) is 4.79 Å². The number of nitrogens with one attached hydrogen (secondary N) is 2. The molecule has 0 unspecified atom stereocenters. The van der Waals surface area contributed by atoms with E-state index in [4.69, 9.17) is 4.74 Å². The number of anilines is 1. The van der Waals surface area contributed by atoms with Crippen LogP contribution in [0.3, 0.4) is 0 Å². The summed E-state index contributed by atoms with van der Waals surface area (Å²) >= 11 is 0. The summed E-state index contributed by atoms with van der Waals surface area (Å²) in [5.41, 5.74) is 3.04. The number of rotatable bonds is 5. The fourth-order valence-corrected chi connectivity index (χ4v) is 2.50. The maximum absolute atomic E-state index is 11.3. The normalized spacial score (nSPS) is 19.7. The molecule has 1 fully saturated rings. The largest absolute Gasteiger partial charge is 0.396 e. The summed E-state index contributed by atoms with van der Waals surface area (Å²) in [6, 6.07) is 6.02. The Morgan fingerprint density at radius 2 is 2.26 bits per heavy atom. The fourth-order valence-electron chi connectivity index (χ4n) is 2.50. The van der Waals surface area contributed by atoms with Crippen LogP contribution in [0.2, 0.25) is 0 Å². The second-order valence-electron chi connectivity index (χ2n) is 5.47. The van der Waals surface area contributed by atoms with E-state index in [2.05, 4.69) is 16.7 Å².